The van der Waals surface area contributed by atoms with Gasteiger partial charge < -0.3 is 0 Å². The lowest BCUT2D eigenvalue weighted by Gasteiger charge is -2.13. The third-order valence-electron chi connectivity index (χ3n) is 3.13. The number of hydrogen-bond donors (Lipinski definition) is 1. The molecule has 116 valence electrons. The van der Waals surface area contributed by atoms with Crippen LogP contribution in [0.3, 0.4) is 0 Å². The smallest absolute Gasteiger partial charge is 0.271 e. The van der Waals surface area contributed by atoms with Crippen molar-refractivity contribution < 1.29 is 17.7 Å². The van der Waals surface area contributed by atoms with Gasteiger partial charge in [-0.25, -0.2) is 12.8 Å². The van der Waals surface area contributed by atoms with Crippen LogP contribution < -0.4 is 4.72 Å². The third-order valence-corrected chi connectivity index (χ3v) is 4.50. The van der Waals surface area contributed by atoms with Crippen LogP contribution in [0.4, 0.5) is 15.8 Å². The second kappa shape index (κ2) is 5.72. The molecule has 0 spiro atoms. The lowest BCUT2D eigenvalue weighted by Crippen LogP contribution is -2.16. The number of benzene rings is 2. The summed E-state index contributed by atoms with van der Waals surface area (Å²) in [6.45, 7) is 3.41. The first-order valence-electron chi connectivity index (χ1n) is 6.25. The van der Waals surface area contributed by atoms with Crippen molar-refractivity contribution in [2.75, 3.05) is 4.72 Å². The Kier molecular flexibility index (Phi) is 4.14. The summed E-state index contributed by atoms with van der Waals surface area (Å²) in [6, 6.07) is 7.54. The molecule has 2 aromatic rings. The van der Waals surface area contributed by atoms with Gasteiger partial charge in [0.2, 0.25) is 0 Å². The number of halogens is 1. The molecule has 0 amide bonds. The molecule has 2 aromatic carbocycles. The first-order chi connectivity index (χ1) is 10.2. The number of nitrogens with zero attached hydrogens (tertiary/aromatic N) is 1. The number of nitro groups is 1. The number of sulfonamides is 1. The van der Waals surface area contributed by atoms with Crippen molar-refractivity contribution >= 4 is 21.4 Å². The quantitative estimate of drug-likeness (QED) is 0.691. The van der Waals surface area contributed by atoms with Gasteiger partial charge in [-0.05, 0) is 31.0 Å². The lowest BCUT2D eigenvalue weighted by atomic mass is 10.1. The zero-order chi connectivity index (χ0) is 16.5. The molecule has 0 saturated heterocycles. The van der Waals surface area contributed by atoms with Crippen LogP contribution in [0.25, 0.3) is 0 Å². The number of para-hydroxylation sites is 1. The molecular weight excluding hydrogens is 311 g/mol. The van der Waals surface area contributed by atoms with Gasteiger partial charge in [0.25, 0.3) is 15.7 Å². The van der Waals surface area contributed by atoms with Gasteiger partial charge in [0.05, 0.1) is 10.6 Å². The van der Waals surface area contributed by atoms with Gasteiger partial charge in [0, 0.05) is 12.1 Å². The van der Waals surface area contributed by atoms with Crippen molar-refractivity contribution in [1.29, 1.82) is 0 Å². The Bertz CT molecular complexity index is 830. The van der Waals surface area contributed by atoms with Crippen LogP contribution >= 0.6 is 0 Å². The third kappa shape index (κ3) is 3.06. The molecule has 0 unspecified atom stereocenters. The van der Waals surface area contributed by atoms with E-state index in [1.54, 1.807) is 32.0 Å². The number of anilines is 1. The zero-order valence-corrected chi connectivity index (χ0v) is 12.6. The summed E-state index contributed by atoms with van der Waals surface area (Å²) in [5.41, 5.74) is 1.15. The second-order valence-corrected chi connectivity index (χ2v) is 6.39. The minimum Gasteiger partial charge on any atom is -0.279 e. The van der Waals surface area contributed by atoms with Gasteiger partial charge in [-0.15, -0.1) is 0 Å². The first kappa shape index (κ1) is 15.9. The molecule has 22 heavy (non-hydrogen) atoms. The van der Waals surface area contributed by atoms with Crippen LogP contribution in [0.5, 0.6) is 0 Å². The van der Waals surface area contributed by atoms with Crippen LogP contribution in [0.15, 0.2) is 41.3 Å². The van der Waals surface area contributed by atoms with E-state index >= 15 is 0 Å². The normalized spacial score (nSPS) is 11.2. The average molecular weight is 324 g/mol. The van der Waals surface area contributed by atoms with Gasteiger partial charge in [-0.1, -0.05) is 18.2 Å². The van der Waals surface area contributed by atoms with Gasteiger partial charge in [-0.3, -0.25) is 14.8 Å². The highest BCUT2D eigenvalue weighted by Gasteiger charge is 2.23. The Morgan fingerprint density at radius 2 is 1.73 bits per heavy atom. The Balaban J connectivity index is 2.52. The van der Waals surface area contributed by atoms with Gasteiger partial charge in [-0.2, -0.15) is 0 Å². The topological polar surface area (TPSA) is 89.3 Å². The first-order valence-corrected chi connectivity index (χ1v) is 7.73. The van der Waals surface area contributed by atoms with Crippen LogP contribution in [-0.2, 0) is 10.0 Å². The maximum Gasteiger partial charge on any atom is 0.271 e. The predicted octanol–water partition coefficient (Wildman–Crippen LogP) is 3.15. The highest BCUT2D eigenvalue weighted by Crippen LogP contribution is 2.26. The fourth-order valence-corrected chi connectivity index (χ4v) is 3.28. The molecule has 0 heterocycles. The molecule has 0 aliphatic rings. The number of aryl methyl sites for hydroxylation is 2. The Hall–Kier alpha value is -2.48. The van der Waals surface area contributed by atoms with E-state index in [4.69, 9.17) is 0 Å². The second-order valence-electron chi connectivity index (χ2n) is 4.74. The minimum absolute atomic E-state index is 0.327. The molecule has 0 bridgehead atoms. The Labute approximate surface area is 126 Å². The molecule has 2 rings (SSSR count). The summed E-state index contributed by atoms with van der Waals surface area (Å²) >= 11 is 0. The van der Waals surface area contributed by atoms with Crippen molar-refractivity contribution in [1.82, 2.24) is 0 Å². The van der Waals surface area contributed by atoms with E-state index < -0.39 is 31.3 Å². The van der Waals surface area contributed by atoms with Crippen LogP contribution in [0.1, 0.15) is 11.1 Å². The predicted molar refractivity (Wildman–Crippen MR) is 79.8 cm³/mol. The Morgan fingerprint density at radius 1 is 1.14 bits per heavy atom. The molecule has 8 heteroatoms. The zero-order valence-electron chi connectivity index (χ0n) is 11.8. The van der Waals surface area contributed by atoms with E-state index in [2.05, 4.69) is 4.72 Å². The van der Waals surface area contributed by atoms with E-state index in [1.165, 1.54) is 0 Å². The highest BCUT2D eigenvalue weighted by atomic mass is 32.2. The summed E-state index contributed by atoms with van der Waals surface area (Å²) in [5.74, 6) is -1.05. The minimum atomic E-state index is -4.27. The van der Waals surface area contributed by atoms with Crippen LogP contribution in [0.2, 0.25) is 0 Å². The SMILES string of the molecule is Cc1cccc(C)c1NS(=O)(=O)c1cc([N+](=O)[O-])ccc1F. The largest absolute Gasteiger partial charge is 0.279 e. The summed E-state index contributed by atoms with van der Waals surface area (Å²) in [4.78, 5) is 9.19. The Morgan fingerprint density at radius 3 is 2.27 bits per heavy atom. The van der Waals surface area contributed by atoms with Crippen molar-refractivity contribution in [3.05, 3.63) is 63.5 Å². The van der Waals surface area contributed by atoms with Crippen molar-refractivity contribution in [3.8, 4) is 0 Å². The van der Waals surface area contributed by atoms with E-state index in [9.17, 15) is 22.9 Å². The lowest BCUT2D eigenvalue weighted by molar-refractivity contribution is -0.385. The van der Waals surface area contributed by atoms with Gasteiger partial charge in [0.15, 0.2) is 0 Å². The highest BCUT2D eigenvalue weighted by molar-refractivity contribution is 7.92. The number of nitrogens with one attached hydrogen (secondary N) is 1. The molecule has 0 radical (unpaired) electrons. The summed E-state index contributed by atoms with van der Waals surface area (Å²) in [5, 5.41) is 10.7. The number of non-ortho nitro benzene ring substituents is 1. The molecule has 0 atom stereocenters. The van der Waals surface area contributed by atoms with Crippen LogP contribution in [-0.4, -0.2) is 13.3 Å². The maximum absolute atomic E-state index is 13.8. The summed E-state index contributed by atoms with van der Waals surface area (Å²) in [6.07, 6.45) is 0. The molecule has 0 saturated carbocycles. The number of rotatable bonds is 4. The fraction of sp³-hybridized carbons (Fsp3) is 0.143. The molecular formula is C14H13FN2O4S. The van der Waals surface area contributed by atoms with E-state index in [0.717, 1.165) is 12.1 Å². The van der Waals surface area contributed by atoms with E-state index in [-0.39, 0.29) is 0 Å². The van der Waals surface area contributed by atoms with Gasteiger partial charge in [0.1, 0.15) is 10.7 Å². The van der Waals surface area contributed by atoms with Crippen molar-refractivity contribution in [3.63, 3.8) is 0 Å². The maximum atomic E-state index is 13.8. The molecule has 1 N–H and O–H groups in total. The van der Waals surface area contributed by atoms with Gasteiger partial charge >= 0.3 is 0 Å². The summed E-state index contributed by atoms with van der Waals surface area (Å²) < 4.78 is 40.7. The van der Waals surface area contributed by atoms with Crippen molar-refractivity contribution in [2.45, 2.75) is 18.7 Å². The molecule has 0 fully saturated rings. The average Bonchev–Trinajstić information content (AvgIpc) is 2.43. The van der Waals surface area contributed by atoms with E-state index in [1.807, 2.05) is 0 Å². The molecule has 0 aliphatic carbocycles. The number of hydrogen-bond acceptors (Lipinski definition) is 4. The number of nitro benzene ring substituents is 1. The van der Waals surface area contributed by atoms with Crippen LogP contribution in [0, 0.1) is 29.8 Å². The monoisotopic (exact) mass is 324 g/mol. The molecule has 6 nitrogen and oxygen atoms in total. The molecule has 0 aliphatic heterocycles. The standard InChI is InChI=1S/C14H13FN2O4S/c1-9-4-3-5-10(2)14(9)16-22(20,21)13-8-11(17(18)19)6-7-12(13)15/h3-8,16H,1-2H3. The van der Waals surface area contributed by atoms with E-state index in [0.29, 0.717) is 22.9 Å². The fourth-order valence-electron chi connectivity index (χ4n) is 1.98. The molecule has 0 aromatic heterocycles. The summed E-state index contributed by atoms with van der Waals surface area (Å²) in [7, 11) is -4.27. The van der Waals surface area contributed by atoms with Crippen molar-refractivity contribution in [2.24, 2.45) is 0 Å².